The molecule has 4 nitrogen and oxygen atoms in total. The lowest BCUT2D eigenvalue weighted by atomic mass is 9.90. The number of hydrogen-bond donors (Lipinski definition) is 2. The van der Waals surface area contributed by atoms with Gasteiger partial charge in [-0.2, -0.15) is 0 Å². The zero-order chi connectivity index (χ0) is 11.3. The summed E-state index contributed by atoms with van der Waals surface area (Å²) in [7, 11) is 1.72. The summed E-state index contributed by atoms with van der Waals surface area (Å²) in [5, 5.41) is 3.18. The van der Waals surface area contributed by atoms with Crippen molar-refractivity contribution in [2.45, 2.75) is 39.2 Å². The molecule has 0 amide bonds. The smallest absolute Gasteiger partial charge is 0.188 e. The van der Waals surface area contributed by atoms with E-state index in [4.69, 9.17) is 10.5 Å². The molecule has 0 bridgehead atoms. The monoisotopic (exact) mass is 341 g/mol. The molecule has 96 valence electrons. The number of halogens is 1. The van der Waals surface area contributed by atoms with E-state index in [2.05, 4.69) is 24.2 Å². The molecule has 1 aliphatic carbocycles. The number of nitrogens with zero attached hydrogens (tertiary/aromatic N) is 1. The first kappa shape index (κ1) is 16.0. The molecule has 3 N–H and O–H groups in total. The molecule has 0 heterocycles. The minimum Gasteiger partial charge on any atom is -0.385 e. The van der Waals surface area contributed by atoms with E-state index in [0.717, 1.165) is 19.6 Å². The van der Waals surface area contributed by atoms with Crippen LogP contribution in [-0.4, -0.2) is 32.3 Å². The van der Waals surface area contributed by atoms with Crippen molar-refractivity contribution in [3.05, 3.63) is 0 Å². The number of nitrogens with two attached hydrogens (primary N) is 1. The fourth-order valence-electron chi connectivity index (χ4n) is 1.24. The number of methoxy groups -OCH3 is 1. The summed E-state index contributed by atoms with van der Waals surface area (Å²) in [4.78, 5) is 4.36. The number of hydrogen-bond acceptors (Lipinski definition) is 2. The predicted octanol–water partition coefficient (Wildman–Crippen LogP) is 1.73. The standard InChI is InChI=1S/C11H23N3O.HI/c1-11(2,6-7-15-3)8-13-10(12)14-9-4-5-9;/h9H,4-8H2,1-3H3,(H3,12,13,14);1H. The van der Waals surface area contributed by atoms with Crippen molar-refractivity contribution in [3.63, 3.8) is 0 Å². The Hall–Kier alpha value is -0.0400. The first-order valence-corrected chi connectivity index (χ1v) is 5.59. The molecule has 0 saturated heterocycles. The second-order valence-electron chi connectivity index (χ2n) is 5.03. The van der Waals surface area contributed by atoms with Gasteiger partial charge in [-0.25, -0.2) is 0 Å². The molecule has 0 aliphatic heterocycles. The van der Waals surface area contributed by atoms with Crippen LogP contribution in [0.2, 0.25) is 0 Å². The molecule has 1 fully saturated rings. The Morgan fingerprint density at radius 3 is 2.62 bits per heavy atom. The van der Waals surface area contributed by atoms with Crippen molar-refractivity contribution in [1.82, 2.24) is 5.32 Å². The van der Waals surface area contributed by atoms with Crippen LogP contribution in [0, 0.1) is 5.41 Å². The molecule has 1 saturated carbocycles. The van der Waals surface area contributed by atoms with Gasteiger partial charge in [-0.3, -0.25) is 4.99 Å². The van der Waals surface area contributed by atoms with Gasteiger partial charge in [0.15, 0.2) is 5.96 Å². The Morgan fingerprint density at radius 2 is 2.12 bits per heavy atom. The fourth-order valence-corrected chi connectivity index (χ4v) is 1.24. The van der Waals surface area contributed by atoms with E-state index in [1.165, 1.54) is 12.8 Å². The third kappa shape index (κ3) is 7.27. The molecule has 0 aromatic heterocycles. The SMILES string of the molecule is COCCC(C)(C)CN=C(N)NC1CC1.I. The molecule has 0 radical (unpaired) electrons. The molecule has 0 unspecified atom stereocenters. The number of rotatable bonds is 6. The summed E-state index contributed by atoms with van der Waals surface area (Å²) in [5.41, 5.74) is 5.92. The van der Waals surface area contributed by atoms with Gasteiger partial charge < -0.3 is 15.8 Å². The van der Waals surface area contributed by atoms with Crippen molar-refractivity contribution >= 4 is 29.9 Å². The summed E-state index contributed by atoms with van der Waals surface area (Å²) in [6.07, 6.45) is 3.45. The lowest BCUT2D eigenvalue weighted by Gasteiger charge is -2.21. The van der Waals surface area contributed by atoms with Crippen LogP contribution in [0.1, 0.15) is 33.1 Å². The first-order valence-electron chi connectivity index (χ1n) is 5.59. The van der Waals surface area contributed by atoms with E-state index in [0.29, 0.717) is 12.0 Å². The molecular formula is C11H24IN3O. The Morgan fingerprint density at radius 1 is 1.50 bits per heavy atom. The minimum absolute atomic E-state index is 0. The summed E-state index contributed by atoms with van der Waals surface area (Å²) < 4.78 is 5.06. The summed E-state index contributed by atoms with van der Waals surface area (Å²) in [5.74, 6) is 0.586. The number of nitrogens with one attached hydrogen (secondary N) is 1. The summed E-state index contributed by atoms with van der Waals surface area (Å²) in [6.45, 7) is 5.89. The lowest BCUT2D eigenvalue weighted by Crippen LogP contribution is -2.34. The zero-order valence-electron chi connectivity index (χ0n) is 10.5. The molecule has 16 heavy (non-hydrogen) atoms. The van der Waals surface area contributed by atoms with Crippen LogP contribution in [0.5, 0.6) is 0 Å². The molecule has 0 aromatic rings. The Bertz CT molecular complexity index is 227. The van der Waals surface area contributed by atoms with Crippen LogP contribution >= 0.6 is 24.0 Å². The highest BCUT2D eigenvalue weighted by Crippen LogP contribution is 2.21. The molecule has 1 aliphatic rings. The highest BCUT2D eigenvalue weighted by Gasteiger charge is 2.22. The van der Waals surface area contributed by atoms with E-state index in [1.807, 2.05) is 0 Å². The largest absolute Gasteiger partial charge is 0.385 e. The number of aliphatic imine (C=N–C) groups is 1. The van der Waals surface area contributed by atoms with Crippen molar-refractivity contribution in [3.8, 4) is 0 Å². The quantitative estimate of drug-likeness (QED) is 0.440. The first-order chi connectivity index (χ1) is 7.03. The van der Waals surface area contributed by atoms with Crippen molar-refractivity contribution < 1.29 is 4.74 Å². The van der Waals surface area contributed by atoms with Gasteiger partial charge in [0.2, 0.25) is 0 Å². The highest BCUT2D eigenvalue weighted by atomic mass is 127. The summed E-state index contributed by atoms with van der Waals surface area (Å²) in [6, 6.07) is 0.579. The van der Waals surface area contributed by atoms with Gasteiger partial charge in [-0.15, -0.1) is 24.0 Å². The normalized spacial score (nSPS) is 16.8. The predicted molar refractivity (Wildman–Crippen MR) is 78.3 cm³/mol. The second kappa shape index (κ2) is 7.32. The molecule has 0 atom stereocenters. The topological polar surface area (TPSA) is 59.6 Å². The second-order valence-corrected chi connectivity index (χ2v) is 5.03. The van der Waals surface area contributed by atoms with E-state index in [9.17, 15) is 0 Å². The highest BCUT2D eigenvalue weighted by molar-refractivity contribution is 14.0. The van der Waals surface area contributed by atoms with Gasteiger partial charge in [-0.1, -0.05) is 13.8 Å². The number of guanidine groups is 1. The van der Waals surface area contributed by atoms with Crippen molar-refractivity contribution in [1.29, 1.82) is 0 Å². The van der Waals surface area contributed by atoms with Crippen LogP contribution in [0.3, 0.4) is 0 Å². The molecule has 0 spiro atoms. The Balaban J connectivity index is 0.00000225. The fraction of sp³-hybridized carbons (Fsp3) is 0.909. The van der Waals surface area contributed by atoms with Crippen LogP contribution in [-0.2, 0) is 4.74 Å². The minimum atomic E-state index is 0. The Labute approximate surface area is 115 Å². The average Bonchev–Trinajstić information content (AvgIpc) is 2.96. The van der Waals surface area contributed by atoms with E-state index in [1.54, 1.807) is 7.11 Å². The van der Waals surface area contributed by atoms with Crippen LogP contribution in [0.15, 0.2) is 4.99 Å². The third-order valence-corrected chi connectivity index (χ3v) is 2.59. The van der Waals surface area contributed by atoms with E-state index >= 15 is 0 Å². The van der Waals surface area contributed by atoms with E-state index in [-0.39, 0.29) is 29.4 Å². The van der Waals surface area contributed by atoms with Gasteiger partial charge in [-0.05, 0) is 24.7 Å². The van der Waals surface area contributed by atoms with Crippen molar-refractivity contribution in [2.24, 2.45) is 16.1 Å². The summed E-state index contributed by atoms with van der Waals surface area (Å²) >= 11 is 0. The molecule has 0 aromatic carbocycles. The van der Waals surface area contributed by atoms with Gasteiger partial charge in [0.05, 0.1) is 0 Å². The van der Waals surface area contributed by atoms with Crippen LogP contribution < -0.4 is 11.1 Å². The lowest BCUT2D eigenvalue weighted by molar-refractivity contribution is 0.155. The van der Waals surface area contributed by atoms with Gasteiger partial charge in [0, 0.05) is 26.3 Å². The average molecular weight is 341 g/mol. The maximum atomic E-state index is 5.76. The van der Waals surface area contributed by atoms with Gasteiger partial charge in [0.25, 0.3) is 0 Å². The maximum Gasteiger partial charge on any atom is 0.188 e. The Kier molecular flexibility index (Phi) is 7.30. The maximum absolute atomic E-state index is 5.76. The van der Waals surface area contributed by atoms with Gasteiger partial charge >= 0.3 is 0 Å². The molecular weight excluding hydrogens is 317 g/mol. The zero-order valence-corrected chi connectivity index (χ0v) is 12.8. The van der Waals surface area contributed by atoms with Crippen LogP contribution in [0.25, 0.3) is 0 Å². The third-order valence-electron chi connectivity index (χ3n) is 2.59. The molecule has 1 rings (SSSR count). The molecule has 5 heteroatoms. The van der Waals surface area contributed by atoms with Gasteiger partial charge in [0.1, 0.15) is 0 Å². The van der Waals surface area contributed by atoms with Crippen LogP contribution in [0.4, 0.5) is 0 Å². The number of ether oxygens (including phenoxy) is 1. The van der Waals surface area contributed by atoms with E-state index < -0.39 is 0 Å². The van der Waals surface area contributed by atoms with Crippen molar-refractivity contribution in [2.75, 3.05) is 20.3 Å².